The van der Waals surface area contributed by atoms with Crippen LogP contribution in [0.5, 0.6) is 0 Å². The van der Waals surface area contributed by atoms with Crippen LogP contribution >= 0.6 is 0 Å². The van der Waals surface area contributed by atoms with Crippen LogP contribution in [-0.4, -0.2) is 17.9 Å². The van der Waals surface area contributed by atoms with E-state index >= 15 is 0 Å². The topological polar surface area (TPSA) is 33.5 Å². The first-order valence-electron chi connectivity index (χ1n) is 5.62. The molecule has 0 aliphatic heterocycles. The summed E-state index contributed by atoms with van der Waals surface area (Å²) < 4.78 is 18.7. The zero-order chi connectivity index (χ0) is 13.1. The van der Waals surface area contributed by atoms with Crippen LogP contribution in [0.25, 0.3) is 0 Å². The maximum atomic E-state index is 13.5. The first-order valence-corrected chi connectivity index (χ1v) is 5.62. The minimum atomic E-state index is -0.502. The normalized spacial score (nSPS) is 10.4. The van der Waals surface area contributed by atoms with Gasteiger partial charge in [-0.05, 0) is 25.1 Å². The standard InChI is InChI=1S/C14H14FNO2/c1-10-11(7-8-18-10)9-16(2)14(17)12-5-3-4-6-13(12)15/h3-8H,9H2,1-2H3. The van der Waals surface area contributed by atoms with Crippen molar-refractivity contribution in [2.45, 2.75) is 13.5 Å². The molecule has 0 fully saturated rings. The van der Waals surface area contributed by atoms with E-state index in [1.165, 1.54) is 17.0 Å². The number of hydrogen-bond acceptors (Lipinski definition) is 2. The summed E-state index contributed by atoms with van der Waals surface area (Å²) in [4.78, 5) is 13.5. The van der Waals surface area contributed by atoms with E-state index in [1.807, 2.05) is 6.92 Å². The molecule has 1 heterocycles. The summed E-state index contributed by atoms with van der Waals surface area (Å²) in [5.41, 5.74) is 1.00. The van der Waals surface area contributed by atoms with Crippen LogP contribution in [0.4, 0.5) is 4.39 Å². The lowest BCUT2D eigenvalue weighted by atomic mass is 10.1. The highest BCUT2D eigenvalue weighted by atomic mass is 19.1. The van der Waals surface area contributed by atoms with Crippen molar-refractivity contribution in [2.24, 2.45) is 0 Å². The monoisotopic (exact) mass is 247 g/mol. The van der Waals surface area contributed by atoms with Crippen molar-refractivity contribution >= 4 is 5.91 Å². The Labute approximate surface area is 105 Å². The summed E-state index contributed by atoms with van der Waals surface area (Å²) >= 11 is 0. The molecular formula is C14H14FNO2. The van der Waals surface area contributed by atoms with Gasteiger partial charge < -0.3 is 9.32 Å². The van der Waals surface area contributed by atoms with Crippen LogP contribution in [0.2, 0.25) is 0 Å². The number of furan rings is 1. The highest BCUT2D eigenvalue weighted by Gasteiger charge is 2.16. The van der Waals surface area contributed by atoms with Gasteiger partial charge >= 0.3 is 0 Å². The third-order valence-corrected chi connectivity index (χ3v) is 2.82. The smallest absolute Gasteiger partial charge is 0.256 e. The third-order valence-electron chi connectivity index (χ3n) is 2.82. The number of carbonyl (C=O) groups is 1. The Balaban J connectivity index is 2.15. The fourth-order valence-corrected chi connectivity index (χ4v) is 1.74. The molecule has 0 unspecified atom stereocenters. The second-order valence-corrected chi connectivity index (χ2v) is 4.14. The van der Waals surface area contributed by atoms with Gasteiger partial charge in [0.25, 0.3) is 5.91 Å². The van der Waals surface area contributed by atoms with E-state index in [9.17, 15) is 9.18 Å². The first-order chi connectivity index (χ1) is 8.59. The van der Waals surface area contributed by atoms with Gasteiger partial charge in [0.2, 0.25) is 0 Å². The number of benzene rings is 1. The molecule has 4 heteroatoms. The van der Waals surface area contributed by atoms with Crippen molar-refractivity contribution in [1.29, 1.82) is 0 Å². The molecule has 2 aromatic rings. The van der Waals surface area contributed by atoms with Crippen molar-refractivity contribution in [3.63, 3.8) is 0 Å². The summed E-state index contributed by atoms with van der Waals surface area (Å²) in [5, 5.41) is 0. The fourth-order valence-electron chi connectivity index (χ4n) is 1.74. The summed E-state index contributed by atoms with van der Waals surface area (Å²) in [5.74, 6) is -0.0739. The Morgan fingerprint density at radius 2 is 2.06 bits per heavy atom. The van der Waals surface area contributed by atoms with Gasteiger partial charge in [0.15, 0.2) is 0 Å². The zero-order valence-corrected chi connectivity index (χ0v) is 10.3. The summed E-state index contributed by atoms with van der Waals surface area (Å²) in [6.45, 7) is 2.23. The van der Waals surface area contributed by atoms with Gasteiger partial charge in [-0.15, -0.1) is 0 Å². The Bertz CT molecular complexity index is 562. The van der Waals surface area contributed by atoms with E-state index in [0.29, 0.717) is 6.54 Å². The molecule has 0 saturated heterocycles. The Kier molecular flexibility index (Phi) is 3.46. The van der Waals surface area contributed by atoms with Crippen molar-refractivity contribution in [1.82, 2.24) is 4.90 Å². The van der Waals surface area contributed by atoms with E-state index in [1.54, 1.807) is 31.5 Å². The molecule has 0 aliphatic rings. The van der Waals surface area contributed by atoms with E-state index in [4.69, 9.17) is 4.42 Å². The van der Waals surface area contributed by atoms with Gasteiger partial charge in [0, 0.05) is 19.2 Å². The Morgan fingerprint density at radius 3 is 2.67 bits per heavy atom. The van der Waals surface area contributed by atoms with Crippen LogP contribution in [0.3, 0.4) is 0 Å². The van der Waals surface area contributed by atoms with Crippen molar-refractivity contribution in [2.75, 3.05) is 7.05 Å². The van der Waals surface area contributed by atoms with Crippen molar-refractivity contribution in [3.8, 4) is 0 Å². The molecule has 0 N–H and O–H groups in total. The second kappa shape index (κ2) is 5.04. The van der Waals surface area contributed by atoms with Gasteiger partial charge in [-0.2, -0.15) is 0 Å². The van der Waals surface area contributed by atoms with E-state index in [0.717, 1.165) is 11.3 Å². The summed E-state index contributed by atoms with van der Waals surface area (Å²) in [6.07, 6.45) is 1.58. The second-order valence-electron chi connectivity index (χ2n) is 4.14. The van der Waals surface area contributed by atoms with E-state index in [-0.39, 0.29) is 11.5 Å². The molecule has 0 radical (unpaired) electrons. The molecule has 94 valence electrons. The lowest BCUT2D eigenvalue weighted by Crippen LogP contribution is -2.27. The number of nitrogens with zero attached hydrogens (tertiary/aromatic N) is 1. The SMILES string of the molecule is Cc1occc1CN(C)C(=O)c1ccccc1F. The van der Waals surface area contributed by atoms with Crippen LogP contribution in [0.1, 0.15) is 21.7 Å². The molecule has 0 bridgehead atoms. The molecule has 2 rings (SSSR count). The van der Waals surface area contributed by atoms with Crippen LogP contribution in [-0.2, 0) is 6.54 Å². The lowest BCUT2D eigenvalue weighted by molar-refractivity contribution is 0.0780. The first kappa shape index (κ1) is 12.4. The van der Waals surface area contributed by atoms with Gasteiger partial charge in [-0.1, -0.05) is 12.1 Å². The van der Waals surface area contributed by atoms with Crippen LogP contribution in [0.15, 0.2) is 41.0 Å². The largest absolute Gasteiger partial charge is 0.469 e. The summed E-state index contributed by atoms with van der Waals surface area (Å²) in [7, 11) is 1.64. The molecule has 1 amide bonds. The number of hydrogen-bond donors (Lipinski definition) is 0. The minimum Gasteiger partial charge on any atom is -0.469 e. The molecule has 18 heavy (non-hydrogen) atoms. The molecular weight excluding hydrogens is 233 g/mol. The van der Waals surface area contributed by atoms with Gasteiger partial charge in [-0.3, -0.25) is 4.79 Å². The van der Waals surface area contributed by atoms with Crippen LogP contribution in [0, 0.1) is 12.7 Å². The van der Waals surface area contributed by atoms with Gasteiger partial charge in [-0.25, -0.2) is 4.39 Å². The van der Waals surface area contributed by atoms with Gasteiger partial charge in [0.1, 0.15) is 11.6 Å². The highest BCUT2D eigenvalue weighted by molar-refractivity contribution is 5.94. The highest BCUT2D eigenvalue weighted by Crippen LogP contribution is 2.14. The molecule has 0 saturated carbocycles. The summed E-state index contributed by atoms with van der Waals surface area (Å²) in [6, 6.07) is 7.78. The fraction of sp³-hybridized carbons (Fsp3) is 0.214. The maximum Gasteiger partial charge on any atom is 0.256 e. The minimum absolute atomic E-state index is 0.0844. The Hall–Kier alpha value is -2.10. The molecule has 0 atom stereocenters. The maximum absolute atomic E-state index is 13.5. The number of aryl methyl sites for hydroxylation is 1. The quantitative estimate of drug-likeness (QED) is 0.835. The predicted octanol–water partition coefficient (Wildman–Crippen LogP) is 3.00. The third kappa shape index (κ3) is 2.42. The lowest BCUT2D eigenvalue weighted by Gasteiger charge is -2.17. The van der Waals surface area contributed by atoms with E-state index < -0.39 is 5.82 Å². The molecule has 0 spiro atoms. The van der Waals surface area contributed by atoms with E-state index in [2.05, 4.69) is 0 Å². The average molecular weight is 247 g/mol. The molecule has 1 aromatic carbocycles. The zero-order valence-electron chi connectivity index (χ0n) is 10.3. The molecule has 0 aliphatic carbocycles. The van der Waals surface area contributed by atoms with Crippen molar-refractivity contribution in [3.05, 3.63) is 59.3 Å². The molecule has 1 aromatic heterocycles. The number of rotatable bonds is 3. The number of halogens is 1. The van der Waals surface area contributed by atoms with Gasteiger partial charge in [0.05, 0.1) is 11.8 Å². The van der Waals surface area contributed by atoms with Crippen molar-refractivity contribution < 1.29 is 13.6 Å². The van der Waals surface area contributed by atoms with Crippen LogP contribution < -0.4 is 0 Å². The number of amides is 1. The average Bonchev–Trinajstić information content (AvgIpc) is 2.75. The predicted molar refractivity (Wildman–Crippen MR) is 65.6 cm³/mol. The Morgan fingerprint density at radius 1 is 1.33 bits per heavy atom. The molecule has 3 nitrogen and oxygen atoms in total. The number of carbonyl (C=O) groups excluding carboxylic acids is 1.